The number of aromatic nitrogens is 2. The predicted octanol–water partition coefficient (Wildman–Crippen LogP) is -3.24. The average Bonchev–Trinajstić information content (AvgIpc) is 3.30. The minimum Gasteiger partial charge on any atom is -0.394 e. The van der Waals surface area contributed by atoms with E-state index in [4.69, 9.17) is 14.0 Å². The maximum atomic E-state index is 12.8. The highest BCUT2D eigenvalue weighted by Gasteiger charge is 2.50. The number of rotatable bonds is 14. The molecular weight excluding hydrogens is 760 g/mol. The second-order valence-corrected chi connectivity index (χ2v) is 17.7. The van der Waals surface area contributed by atoms with Crippen LogP contribution in [0.4, 0.5) is 0 Å². The maximum absolute atomic E-state index is 12.8. The van der Waals surface area contributed by atoms with Crippen molar-refractivity contribution in [3.8, 4) is 0 Å². The maximum Gasteiger partial charge on any atom is 0.483 e. The predicted molar refractivity (Wildman–Crippen MR) is 166 cm³/mol. The molecule has 0 spiro atoms. The average molecular weight is 794 g/mol. The van der Waals surface area contributed by atoms with E-state index in [1.807, 2.05) is 4.98 Å². The molecule has 11 atom stereocenters. The van der Waals surface area contributed by atoms with Gasteiger partial charge in [0.1, 0.15) is 42.7 Å². The lowest BCUT2D eigenvalue weighted by Gasteiger charge is -2.42. The third-order valence-corrected chi connectivity index (χ3v) is 13.2. The van der Waals surface area contributed by atoms with Gasteiger partial charge in [-0.05, 0) is 29.9 Å². The van der Waals surface area contributed by atoms with Crippen LogP contribution in [-0.2, 0) is 45.6 Å². The van der Waals surface area contributed by atoms with Crippen molar-refractivity contribution in [1.82, 2.24) is 14.9 Å². The zero-order valence-corrected chi connectivity index (χ0v) is 28.9. The van der Waals surface area contributed by atoms with Crippen molar-refractivity contribution < 1.29 is 80.5 Å². The lowest BCUT2D eigenvalue weighted by atomic mass is 9.97. The molecule has 1 amide bonds. The summed E-state index contributed by atoms with van der Waals surface area (Å²) in [6.45, 7) is -0.365. The standard InChI is InChI=1S/C24H33N3O19P2S2/c1-11-2-4-12(5-3-11)50(40,41)49-10-16(30)25-17-20(33)18(31)13(8-28)44-23(17)45-48(38,39)46-47(36,37)42-9-14-19(32)21(34)22(43-14)27-7-6-15(29)26-24(27)35/h2-7,13-14,17-23,28,31-34H,8-10H2,1H3,(H,25,30)(H,36,37)(H,38,39)(H,26,29,35). The fourth-order valence-corrected chi connectivity index (χ4v) is 9.30. The van der Waals surface area contributed by atoms with E-state index in [9.17, 15) is 67.3 Å². The van der Waals surface area contributed by atoms with Gasteiger partial charge in [-0.1, -0.05) is 17.7 Å². The molecular formula is C24H33N3O19P2S2. The summed E-state index contributed by atoms with van der Waals surface area (Å²) in [5, 5.41) is 53.1. The van der Waals surface area contributed by atoms with E-state index in [0.717, 1.165) is 17.8 Å². The molecule has 50 heavy (non-hydrogen) atoms. The summed E-state index contributed by atoms with van der Waals surface area (Å²) in [7, 11) is -15.3. The summed E-state index contributed by atoms with van der Waals surface area (Å²) in [4.78, 5) is 58.2. The van der Waals surface area contributed by atoms with Crippen LogP contribution in [0.1, 0.15) is 11.8 Å². The Morgan fingerprint density at radius 3 is 2.24 bits per heavy atom. The highest BCUT2D eigenvalue weighted by Crippen LogP contribution is 2.61. The lowest BCUT2D eigenvalue weighted by Crippen LogP contribution is -2.64. The number of aryl methyl sites for hydroxylation is 1. The molecule has 0 aliphatic carbocycles. The largest absolute Gasteiger partial charge is 0.483 e. The van der Waals surface area contributed by atoms with Crippen molar-refractivity contribution in [2.75, 3.05) is 19.0 Å². The number of amides is 1. The van der Waals surface area contributed by atoms with Crippen LogP contribution in [0.2, 0.25) is 0 Å². The fraction of sp³-hybridized carbons (Fsp3) is 0.542. The van der Waals surface area contributed by atoms with Gasteiger partial charge in [0.15, 0.2) is 12.5 Å². The Morgan fingerprint density at radius 1 is 0.980 bits per heavy atom. The number of H-pyrrole nitrogens is 1. The van der Waals surface area contributed by atoms with Gasteiger partial charge < -0.3 is 50.1 Å². The van der Waals surface area contributed by atoms with Crippen LogP contribution in [0.5, 0.6) is 0 Å². The van der Waals surface area contributed by atoms with Gasteiger partial charge in [0.05, 0.1) is 23.9 Å². The van der Waals surface area contributed by atoms with E-state index >= 15 is 0 Å². The van der Waals surface area contributed by atoms with E-state index in [-0.39, 0.29) is 15.7 Å². The van der Waals surface area contributed by atoms with Crippen LogP contribution >= 0.6 is 26.4 Å². The Kier molecular flexibility index (Phi) is 13.0. The summed E-state index contributed by atoms with van der Waals surface area (Å²) in [5.41, 5.74) is -1.03. The molecule has 2 aliphatic rings. The molecule has 280 valence electrons. The Morgan fingerprint density at radius 2 is 1.62 bits per heavy atom. The second kappa shape index (κ2) is 16.1. The Balaban J connectivity index is 1.40. The SMILES string of the molecule is Cc1ccc(S(=O)(=O)SCC(=O)NC2C(OP(=O)(O)OP(=O)(O)OCC3OC(n4ccc(=O)[nH]c4=O)C(O)C3O)OC(CO)C(O)C2O)cc1. The van der Waals surface area contributed by atoms with Crippen molar-refractivity contribution in [2.24, 2.45) is 0 Å². The van der Waals surface area contributed by atoms with Gasteiger partial charge in [-0.2, -0.15) is 4.31 Å². The first-order chi connectivity index (χ1) is 23.2. The molecule has 1 aromatic heterocycles. The summed E-state index contributed by atoms with van der Waals surface area (Å²) >= 11 is 0. The fourth-order valence-electron chi connectivity index (χ4n) is 4.65. The summed E-state index contributed by atoms with van der Waals surface area (Å²) in [5.74, 6) is -1.90. The molecule has 0 saturated carbocycles. The molecule has 0 bridgehead atoms. The number of carbonyl (C=O) groups is 1. The van der Waals surface area contributed by atoms with E-state index < -0.39 is 116 Å². The first kappa shape index (κ1) is 40.4. The summed E-state index contributed by atoms with van der Waals surface area (Å²) < 4.78 is 75.3. The number of nitrogens with zero attached hydrogens (tertiary/aromatic N) is 1. The van der Waals surface area contributed by atoms with Crippen LogP contribution in [0.25, 0.3) is 0 Å². The molecule has 2 saturated heterocycles. The molecule has 11 unspecified atom stereocenters. The lowest BCUT2D eigenvalue weighted by molar-refractivity contribution is -0.247. The Labute approximate surface area is 285 Å². The molecule has 2 fully saturated rings. The van der Waals surface area contributed by atoms with Crippen molar-refractivity contribution in [1.29, 1.82) is 0 Å². The van der Waals surface area contributed by atoms with Crippen molar-refractivity contribution >= 4 is 41.2 Å². The van der Waals surface area contributed by atoms with Crippen LogP contribution in [-0.4, -0.2) is 127 Å². The third kappa shape index (κ3) is 9.95. The minimum absolute atomic E-state index is 0.118. The van der Waals surface area contributed by atoms with Crippen molar-refractivity contribution in [2.45, 2.75) is 67.0 Å². The number of hydrogen-bond acceptors (Lipinski definition) is 18. The van der Waals surface area contributed by atoms with Gasteiger partial charge in [-0.15, -0.1) is 0 Å². The molecule has 4 rings (SSSR count). The highest BCUT2D eigenvalue weighted by molar-refractivity contribution is 8.72. The van der Waals surface area contributed by atoms with Gasteiger partial charge in [-0.25, -0.2) is 22.3 Å². The van der Waals surface area contributed by atoms with Crippen molar-refractivity contribution in [3.63, 3.8) is 0 Å². The first-order valence-corrected chi connectivity index (χ1v) is 20.1. The summed E-state index contributed by atoms with van der Waals surface area (Å²) in [6, 6.07) is 4.64. The molecule has 3 heterocycles. The topological polar surface area (TPSA) is 340 Å². The van der Waals surface area contributed by atoms with Gasteiger partial charge >= 0.3 is 21.3 Å². The summed E-state index contributed by atoms with van der Waals surface area (Å²) in [6.07, 6.45) is -14.0. The zero-order chi connectivity index (χ0) is 37.2. The molecule has 0 radical (unpaired) electrons. The first-order valence-electron chi connectivity index (χ1n) is 14.1. The number of ether oxygens (including phenoxy) is 2. The number of aliphatic hydroxyl groups is 5. The Hall–Kier alpha value is -2.35. The molecule has 2 aliphatic heterocycles. The van der Waals surface area contributed by atoms with Crippen LogP contribution < -0.4 is 16.6 Å². The zero-order valence-electron chi connectivity index (χ0n) is 25.5. The number of carbonyl (C=O) groups excluding carboxylic acids is 1. The van der Waals surface area contributed by atoms with Gasteiger partial charge in [-0.3, -0.25) is 28.2 Å². The van der Waals surface area contributed by atoms with Gasteiger partial charge in [0.25, 0.3) is 5.56 Å². The number of phosphoric ester groups is 2. The number of nitrogens with one attached hydrogen (secondary N) is 2. The number of aromatic amines is 1. The third-order valence-electron chi connectivity index (χ3n) is 7.17. The number of hydrogen-bond donors (Lipinski definition) is 9. The van der Waals surface area contributed by atoms with Gasteiger partial charge in [0.2, 0.25) is 14.8 Å². The van der Waals surface area contributed by atoms with E-state index in [2.05, 4.69) is 14.2 Å². The molecule has 2 aromatic rings. The van der Waals surface area contributed by atoms with E-state index in [1.165, 1.54) is 24.3 Å². The molecule has 22 nitrogen and oxygen atoms in total. The Bertz CT molecular complexity index is 1840. The molecule has 26 heteroatoms. The second-order valence-electron chi connectivity index (χ2n) is 10.8. The van der Waals surface area contributed by atoms with Crippen LogP contribution in [0, 0.1) is 6.92 Å². The minimum atomic E-state index is -5.81. The highest BCUT2D eigenvalue weighted by atomic mass is 33.1. The van der Waals surface area contributed by atoms with E-state index in [1.54, 1.807) is 6.92 Å². The van der Waals surface area contributed by atoms with Crippen molar-refractivity contribution in [3.05, 3.63) is 62.9 Å². The number of aliphatic hydroxyl groups excluding tert-OH is 5. The number of phosphoric acid groups is 2. The molecule has 9 N–H and O–H groups in total. The van der Waals surface area contributed by atoms with Gasteiger partial charge in [0, 0.05) is 12.3 Å². The quantitative estimate of drug-likeness (QED) is 0.0670. The van der Waals surface area contributed by atoms with Crippen LogP contribution in [0.15, 0.2) is 51.0 Å². The van der Waals surface area contributed by atoms with Crippen LogP contribution in [0.3, 0.4) is 0 Å². The normalized spacial score (nSPS) is 31.1. The smallest absolute Gasteiger partial charge is 0.394 e. The van der Waals surface area contributed by atoms with E-state index in [0.29, 0.717) is 4.57 Å². The number of benzene rings is 1. The monoisotopic (exact) mass is 793 g/mol. The molecule has 1 aromatic carbocycles.